The van der Waals surface area contributed by atoms with E-state index in [0.29, 0.717) is 11.3 Å². The molecule has 3 rings (SSSR count). The third kappa shape index (κ3) is 4.48. The number of nitrogens with one attached hydrogen (secondary N) is 1. The molecule has 6 heteroatoms. The number of hydrazone groups is 1. The van der Waals surface area contributed by atoms with Gasteiger partial charge in [0, 0.05) is 12.1 Å². The second-order valence-corrected chi connectivity index (χ2v) is 6.23. The van der Waals surface area contributed by atoms with Crippen LogP contribution in [-0.4, -0.2) is 16.5 Å². The first kappa shape index (κ1) is 19.0. The van der Waals surface area contributed by atoms with Crippen molar-refractivity contribution in [1.29, 1.82) is 0 Å². The van der Waals surface area contributed by atoms with E-state index in [1.807, 2.05) is 60.7 Å². The lowest BCUT2D eigenvalue weighted by Gasteiger charge is -2.16. The van der Waals surface area contributed by atoms with Crippen LogP contribution in [-0.2, 0) is 4.79 Å². The smallest absolute Gasteiger partial charge is 0.269 e. The van der Waals surface area contributed by atoms with E-state index in [2.05, 4.69) is 10.5 Å². The third-order valence-corrected chi connectivity index (χ3v) is 4.36. The number of nitro groups is 1. The summed E-state index contributed by atoms with van der Waals surface area (Å²) >= 11 is 0. The fraction of sp³-hybridized carbons (Fsp3) is 0.0909. The van der Waals surface area contributed by atoms with Crippen LogP contribution < -0.4 is 5.43 Å². The Hall–Kier alpha value is -3.80. The molecule has 0 aliphatic rings. The number of hydrogen-bond donors (Lipinski definition) is 1. The molecule has 3 aromatic rings. The number of benzene rings is 3. The maximum atomic E-state index is 12.9. The summed E-state index contributed by atoms with van der Waals surface area (Å²) in [6, 6.07) is 25.0. The van der Waals surface area contributed by atoms with Crippen LogP contribution in [0.5, 0.6) is 0 Å². The standard InChI is InChI=1S/C22H19N3O3/c1-16(17-12-14-20(15-13-17)25(27)28)23-24-22(26)21(18-8-4-2-5-9-18)19-10-6-3-7-11-19/h2-15,21H,1H3,(H,24,26). The van der Waals surface area contributed by atoms with Gasteiger partial charge in [-0.2, -0.15) is 5.10 Å². The van der Waals surface area contributed by atoms with Gasteiger partial charge < -0.3 is 0 Å². The zero-order valence-corrected chi connectivity index (χ0v) is 15.3. The normalized spacial score (nSPS) is 11.3. The number of carbonyl (C=O) groups excluding carboxylic acids is 1. The molecule has 0 saturated carbocycles. The number of carbonyl (C=O) groups is 1. The fourth-order valence-electron chi connectivity index (χ4n) is 2.88. The van der Waals surface area contributed by atoms with Crippen molar-refractivity contribution < 1.29 is 9.72 Å². The lowest BCUT2D eigenvalue weighted by Crippen LogP contribution is -2.27. The van der Waals surface area contributed by atoms with Gasteiger partial charge in [0.05, 0.1) is 16.6 Å². The number of amides is 1. The highest BCUT2D eigenvalue weighted by Crippen LogP contribution is 2.24. The number of nitrogens with zero attached hydrogens (tertiary/aromatic N) is 2. The molecule has 140 valence electrons. The number of nitro benzene ring substituents is 1. The van der Waals surface area contributed by atoms with Gasteiger partial charge in [0.2, 0.25) is 0 Å². The Morgan fingerprint density at radius 2 is 1.39 bits per heavy atom. The van der Waals surface area contributed by atoms with Crippen LogP contribution in [0.15, 0.2) is 90.0 Å². The quantitative estimate of drug-likeness (QED) is 0.398. The first-order valence-electron chi connectivity index (χ1n) is 8.75. The Morgan fingerprint density at radius 3 is 1.86 bits per heavy atom. The molecule has 0 unspecified atom stereocenters. The Bertz CT molecular complexity index is 945. The predicted molar refractivity (Wildman–Crippen MR) is 108 cm³/mol. The summed E-state index contributed by atoms with van der Waals surface area (Å²) in [5.74, 6) is -0.741. The van der Waals surface area contributed by atoms with E-state index < -0.39 is 10.8 Å². The molecule has 0 aromatic heterocycles. The maximum absolute atomic E-state index is 12.9. The molecule has 6 nitrogen and oxygen atoms in total. The monoisotopic (exact) mass is 373 g/mol. The van der Waals surface area contributed by atoms with E-state index in [1.165, 1.54) is 12.1 Å². The largest absolute Gasteiger partial charge is 0.272 e. The minimum Gasteiger partial charge on any atom is -0.272 e. The van der Waals surface area contributed by atoms with E-state index >= 15 is 0 Å². The molecule has 0 aliphatic carbocycles. The van der Waals surface area contributed by atoms with Crippen molar-refractivity contribution in [3.05, 3.63) is 112 Å². The summed E-state index contributed by atoms with van der Waals surface area (Å²) in [5.41, 5.74) is 5.63. The number of hydrogen-bond acceptors (Lipinski definition) is 4. The second kappa shape index (κ2) is 8.73. The minimum absolute atomic E-state index is 0.00815. The molecule has 3 aromatic carbocycles. The predicted octanol–water partition coefficient (Wildman–Crippen LogP) is 4.27. The Kier molecular flexibility index (Phi) is 5.91. The van der Waals surface area contributed by atoms with Gasteiger partial charge in [-0.25, -0.2) is 5.43 Å². The number of rotatable bonds is 6. The van der Waals surface area contributed by atoms with Crippen molar-refractivity contribution >= 4 is 17.3 Å². The van der Waals surface area contributed by atoms with Crippen LogP contribution >= 0.6 is 0 Å². The van der Waals surface area contributed by atoms with E-state index in [-0.39, 0.29) is 11.6 Å². The molecule has 0 saturated heterocycles. The van der Waals surface area contributed by atoms with Gasteiger partial charge >= 0.3 is 0 Å². The van der Waals surface area contributed by atoms with E-state index in [9.17, 15) is 14.9 Å². The molecule has 0 spiro atoms. The van der Waals surface area contributed by atoms with Crippen LogP contribution in [0.2, 0.25) is 0 Å². The lowest BCUT2D eigenvalue weighted by atomic mass is 9.91. The van der Waals surface area contributed by atoms with Crippen LogP contribution in [0, 0.1) is 10.1 Å². The van der Waals surface area contributed by atoms with Crippen molar-refractivity contribution in [2.75, 3.05) is 0 Å². The Labute approximate surface area is 162 Å². The molecule has 1 amide bonds. The molecule has 0 heterocycles. The first-order valence-corrected chi connectivity index (χ1v) is 8.75. The lowest BCUT2D eigenvalue weighted by molar-refractivity contribution is -0.384. The van der Waals surface area contributed by atoms with Crippen molar-refractivity contribution in [1.82, 2.24) is 5.43 Å². The zero-order chi connectivity index (χ0) is 19.9. The average molecular weight is 373 g/mol. The summed E-state index contributed by atoms with van der Waals surface area (Å²) in [6.07, 6.45) is 0. The molecule has 0 radical (unpaired) electrons. The SMILES string of the molecule is CC(=NNC(=O)C(c1ccccc1)c1ccccc1)c1ccc([N+](=O)[O-])cc1. The van der Waals surface area contributed by atoms with Crippen LogP contribution in [0.4, 0.5) is 5.69 Å². The van der Waals surface area contributed by atoms with Gasteiger partial charge in [-0.3, -0.25) is 14.9 Å². The van der Waals surface area contributed by atoms with Crippen molar-refractivity contribution in [2.24, 2.45) is 5.10 Å². The highest BCUT2D eigenvalue weighted by Gasteiger charge is 2.22. The molecule has 1 N–H and O–H groups in total. The maximum Gasteiger partial charge on any atom is 0.269 e. The topological polar surface area (TPSA) is 84.6 Å². The molecule has 0 bridgehead atoms. The fourth-order valence-corrected chi connectivity index (χ4v) is 2.88. The van der Waals surface area contributed by atoms with Crippen molar-refractivity contribution in [2.45, 2.75) is 12.8 Å². The highest BCUT2D eigenvalue weighted by atomic mass is 16.6. The minimum atomic E-state index is -0.490. The van der Waals surface area contributed by atoms with Gasteiger partial charge in [-0.05, 0) is 35.7 Å². The summed E-state index contributed by atoms with van der Waals surface area (Å²) in [7, 11) is 0. The van der Waals surface area contributed by atoms with Gasteiger partial charge in [0.15, 0.2) is 0 Å². The zero-order valence-electron chi connectivity index (χ0n) is 15.3. The van der Waals surface area contributed by atoms with Crippen molar-refractivity contribution in [3.63, 3.8) is 0 Å². The van der Waals surface area contributed by atoms with Crippen LogP contribution in [0.25, 0.3) is 0 Å². The Morgan fingerprint density at radius 1 is 0.893 bits per heavy atom. The molecule has 0 fully saturated rings. The van der Waals surface area contributed by atoms with Crippen LogP contribution in [0.1, 0.15) is 29.5 Å². The summed E-state index contributed by atoms with van der Waals surface area (Å²) in [4.78, 5) is 23.2. The summed E-state index contributed by atoms with van der Waals surface area (Å²) in [5, 5.41) is 14.9. The van der Waals surface area contributed by atoms with Crippen LogP contribution in [0.3, 0.4) is 0 Å². The van der Waals surface area contributed by atoms with Gasteiger partial charge in [-0.15, -0.1) is 0 Å². The molecular weight excluding hydrogens is 354 g/mol. The van der Waals surface area contributed by atoms with Crippen molar-refractivity contribution in [3.8, 4) is 0 Å². The molecule has 0 atom stereocenters. The highest BCUT2D eigenvalue weighted by molar-refractivity contribution is 5.99. The third-order valence-electron chi connectivity index (χ3n) is 4.36. The van der Waals surface area contributed by atoms with Gasteiger partial charge in [0.25, 0.3) is 11.6 Å². The van der Waals surface area contributed by atoms with E-state index in [0.717, 1.165) is 11.1 Å². The second-order valence-electron chi connectivity index (χ2n) is 6.23. The average Bonchev–Trinajstić information content (AvgIpc) is 2.74. The molecule has 0 aliphatic heterocycles. The van der Waals surface area contributed by atoms with E-state index in [1.54, 1.807) is 19.1 Å². The molecular formula is C22H19N3O3. The summed E-state index contributed by atoms with van der Waals surface area (Å²) < 4.78 is 0. The first-order chi connectivity index (χ1) is 13.6. The van der Waals surface area contributed by atoms with Gasteiger partial charge in [0.1, 0.15) is 0 Å². The van der Waals surface area contributed by atoms with E-state index in [4.69, 9.17) is 0 Å². The number of non-ortho nitro benzene ring substituents is 1. The summed E-state index contributed by atoms with van der Waals surface area (Å²) in [6.45, 7) is 1.74. The molecule has 28 heavy (non-hydrogen) atoms. The Balaban J connectivity index is 1.82. The van der Waals surface area contributed by atoms with Gasteiger partial charge in [-0.1, -0.05) is 60.7 Å².